The largest absolute Gasteiger partial charge is 0.271 e. The first kappa shape index (κ1) is 16.9. The Hall–Kier alpha value is -1.46. The smallest absolute Gasteiger partial charge is 0.267 e. The Bertz CT molecular complexity index is 664. The van der Waals surface area contributed by atoms with E-state index < -0.39 is 0 Å². The van der Waals surface area contributed by atoms with Crippen molar-refractivity contribution in [3.05, 3.63) is 68.6 Å². The number of carbonyl (C=O) groups is 1. The van der Waals surface area contributed by atoms with Crippen LogP contribution in [0, 0.1) is 0 Å². The lowest BCUT2D eigenvalue weighted by Gasteiger charge is -2.07. The minimum Gasteiger partial charge on any atom is -0.267 e. The number of amides is 1. The predicted octanol–water partition coefficient (Wildman–Crippen LogP) is 5.15. The van der Waals surface area contributed by atoms with Gasteiger partial charge in [-0.15, -0.1) is 0 Å². The molecule has 0 atom stereocenters. The summed E-state index contributed by atoms with van der Waals surface area (Å²) in [6.45, 7) is 2.09. The summed E-state index contributed by atoms with van der Waals surface area (Å²) in [7, 11) is 0. The van der Waals surface area contributed by atoms with Crippen molar-refractivity contribution < 1.29 is 4.79 Å². The van der Waals surface area contributed by atoms with E-state index in [2.05, 4.69) is 49.3 Å². The molecule has 0 heterocycles. The summed E-state index contributed by atoms with van der Waals surface area (Å²) in [6, 6.07) is 15.1. The molecule has 22 heavy (non-hydrogen) atoms. The molecule has 2 aromatic carbocycles. The van der Waals surface area contributed by atoms with Crippen LogP contribution >= 0.6 is 31.9 Å². The van der Waals surface area contributed by atoms with Gasteiger partial charge in [0, 0.05) is 14.5 Å². The van der Waals surface area contributed by atoms with Crippen LogP contribution in [0.3, 0.4) is 0 Å². The van der Waals surface area contributed by atoms with Crippen LogP contribution in [-0.4, -0.2) is 11.6 Å². The number of hydrazone groups is 1. The molecule has 0 radical (unpaired) electrons. The highest BCUT2D eigenvalue weighted by molar-refractivity contribution is 9.10. The van der Waals surface area contributed by atoms with Gasteiger partial charge in [-0.2, -0.15) is 5.10 Å². The van der Waals surface area contributed by atoms with Crippen LogP contribution in [0.4, 0.5) is 0 Å². The Kier molecular flexibility index (Phi) is 6.34. The molecule has 0 bridgehead atoms. The Morgan fingerprint density at radius 3 is 1.95 bits per heavy atom. The first-order chi connectivity index (χ1) is 10.6. The van der Waals surface area contributed by atoms with Gasteiger partial charge in [0.15, 0.2) is 0 Å². The second-order valence-electron chi connectivity index (χ2n) is 4.76. The molecule has 1 N–H and O–H groups in total. The highest BCUT2D eigenvalue weighted by Crippen LogP contribution is 2.14. The van der Waals surface area contributed by atoms with Crippen molar-refractivity contribution in [2.75, 3.05) is 0 Å². The number of hydrogen-bond donors (Lipinski definition) is 1. The topological polar surface area (TPSA) is 41.5 Å². The van der Waals surface area contributed by atoms with Crippen LogP contribution in [0.1, 0.15) is 35.7 Å². The van der Waals surface area contributed by atoms with Crippen molar-refractivity contribution >= 4 is 43.5 Å². The molecule has 0 spiro atoms. The fourth-order valence-corrected chi connectivity index (χ4v) is 2.46. The van der Waals surface area contributed by atoms with Gasteiger partial charge in [-0.25, -0.2) is 5.43 Å². The third-order valence-electron chi connectivity index (χ3n) is 3.06. The van der Waals surface area contributed by atoms with Gasteiger partial charge in [-0.05, 0) is 48.4 Å². The lowest BCUT2D eigenvalue weighted by molar-refractivity contribution is 0.0955. The lowest BCUT2D eigenvalue weighted by atomic mass is 10.1. The summed E-state index contributed by atoms with van der Waals surface area (Å²) in [5, 5.41) is 4.30. The Morgan fingerprint density at radius 1 is 0.955 bits per heavy atom. The summed E-state index contributed by atoms with van der Waals surface area (Å²) in [6.07, 6.45) is 1.77. The number of nitrogens with one attached hydrogen (secondary N) is 1. The zero-order valence-corrected chi connectivity index (χ0v) is 15.3. The third kappa shape index (κ3) is 4.78. The van der Waals surface area contributed by atoms with Gasteiger partial charge in [0.25, 0.3) is 5.91 Å². The monoisotopic (exact) mass is 422 g/mol. The van der Waals surface area contributed by atoms with Crippen LogP contribution in [0.2, 0.25) is 0 Å². The van der Waals surface area contributed by atoms with Crippen molar-refractivity contribution in [3.63, 3.8) is 0 Å². The maximum Gasteiger partial charge on any atom is 0.271 e. The van der Waals surface area contributed by atoms with Crippen LogP contribution in [0.5, 0.6) is 0 Å². The van der Waals surface area contributed by atoms with E-state index in [0.717, 1.165) is 33.1 Å². The van der Waals surface area contributed by atoms with Gasteiger partial charge in [0.1, 0.15) is 0 Å². The molecular weight excluding hydrogens is 408 g/mol. The molecule has 0 unspecified atom stereocenters. The minimum atomic E-state index is -0.210. The Morgan fingerprint density at radius 2 is 1.45 bits per heavy atom. The molecule has 2 aromatic rings. The summed E-state index contributed by atoms with van der Waals surface area (Å²) in [5.74, 6) is -0.210. The van der Waals surface area contributed by atoms with E-state index in [4.69, 9.17) is 0 Å². The molecule has 5 heteroatoms. The molecule has 0 aliphatic carbocycles. The van der Waals surface area contributed by atoms with Crippen molar-refractivity contribution in [2.45, 2.75) is 19.8 Å². The summed E-state index contributed by atoms with van der Waals surface area (Å²) in [4.78, 5) is 12.1. The molecule has 0 aliphatic rings. The molecule has 2 rings (SSSR count). The first-order valence-electron chi connectivity index (χ1n) is 6.98. The first-order valence-corrected chi connectivity index (χ1v) is 8.57. The van der Waals surface area contributed by atoms with Crippen molar-refractivity contribution in [1.29, 1.82) is 0 Å². The van der Waals surface area contributed by atoms with E-state index in [1.807, 2.05) is 36.4 Å². The fraction of sp³-hybridized carbons (Fsp3) is 0.176. The zero-order chi connectivity index (χ0) is 15.9. The standard InChI is InChI=1S/C17H16Br2N2O/c1-2-3-16(12-4-8-14(18)9-5-12)20-21-17(22)13-6-10-15(19)11-7-13/h4-11H,2-3H2,1H3,(H,21,22). The average Bonchev–Trinajstić information content (AvgIpc) is 2.53. The Labute approximate surface area is 147 Å². The predicted molar refractivity (Wildman–Crippen MR) is 97.2 cm³/mol. The maximum absolute atomic E-state index is 12.1. The molecule has 0 saturated heterocycles. The van der Waals surface area contributed by atoms with E-state index in [1.165, 1.54) is 0 Å². The van der Waals surface area contributed by atoms with Crippen molar-refractivity contribution in [2.24, 2.45) is 5.10 Å². The molecule has 0 saturated carbocycles. The molecule has 3 nitrogen and oxygen atoms in total. The second-order valence-corrected chi connectivity index (χ2v) is 6.59. The third-order valence-corrected chi connectivity index (χ3v) is 4.12. The van der Waals surface area contributed by atoms with E-state index in [0.29, 0.717) is 5.56 Å². The minimum absolute atomic E-state index is 0.210. The lowest BCUT2D eigenvalue weighted by Crippen LogP contribution is -2.20. The van der Waals surface area contributed by atoms with Crippen molar-refractivity contribution in [3.8, 4) is 0 Å². The number of carbonyl (C=O) groups excluding carboxylic acids is 1. The van der Waals surface area contributed by atoms with Crippen LogP contribution < -0.4 is 5.43 Å². The van der Waals surface area contributed by atoms with Gasteiger partial charge in [-0.1, -0.05) is 57.3 Å². The summed E-state index contributed by atoms with van der Waals surface area (Å²) >= 11 is 6.77. The van der Waals surface area contributed by atoms with Gasteiger partial charge >= 0.3 is 0 Å². The van der Waals surface area contributed by atoms with E-state index >= 15 is 0 Å². The van der Waals surface area contributed by atoms with E-state index in [1.54, 1.807) is 12.1 Å². The number of benzene rings is 2. The van der Waals surface area contributed by atoms with Crippen molar-refractivity contribution in [1.82, 2.24) is 5.43 Å². The molecule has 0 aromatic heterocycles. The molecule has 0 fully saturated rings. The van der Waals surface area contributed by atoms with E-state index in [-0.39, 0.29) is 5.91 Å². The molecular formula is C17H16Br2N2O. The summed E-state index contributed by atoms with van der Waals surface area (Å²) < 4.78 is 1.96. The summed E-state index contributed by atoms with van der Waals surface area (Å²) in [5.41, 5.74) is 5.11. The maximum atomic E-state index is 12.1. The van der Waals surface area contributed by atoms with Crippen LogP contribution in [0.15, 0.2) is 62.6 Å². The zero-order valence-electron chi connectivity index (χ0n) is 12.1. The second kappa shape index (κ2) is 8.25. The highest BCUT2D eigenvalue weighted by Gasteiger charge is 2.07. The van der Waals surface area contributed by atoms with Gasteiger partial charge in [0.05, 0.1) is 5.71 Å². The number of nitrogens with zero attached hydrogens (tertiary/aromatic N) is 1. The van der Waals surface area contributed by atoms with E-state index in [9.17, 15) is 4.79 Å². The van der Waals surface area contributed by atoms with Gasteiger partial charge < -0.3 is 0 Å². The molecule has 1 amide bonds. The fourth-order valence-electron chi connectivity index (χ4n) is 1.93. The molecule has 114 valence electrons. The number of hydrogen-bond acceptors (Lipinski definition) is 2. The normalized spacial score (nSPS) is 11.3. The Balaban J connectivity index is 2.14. The van der Waals surface area contributed by atoms with Crippen LogP contribution in [0.25, 0.3) is 0 Å². The average molecular weight is 424 g/mol. The number of halogens is 2. The number of rotatable bonds is 5. The molecule has 0 aliphatic heterocycles. The van der Waals surface area contributed by atoms with Crippen LogP contribution in [-0.2, 0) is 0 Å². The van der Waals surface area contributed by atoms with Gasteiger partial charge in [0.2, 0.25) is 0 Å². The highest BCUT2D eigenvalue weighted by atomic mass is 79.9. The quantitative estimate of drug-likeness (QED) is 0.524. The SMILES string of the molecule is CCCC(=NNC(=O)c1ccc(Br)cc1)c1ccc(Br)cc1. The van der Waals surface area contributed by atoms with Gasteiger partial charge in [-0.3, -0.25) is 4.79 Å².